The van der Waals surface area contributed by atoms with E-state index in [0.29, 0.717) is 13.1 Å². The molecule has 0 unspecified atom stereocenters. The lowest BCUT2D eigenvalue weighted by molar-refractivity contribution is -0.125. The lowest BCUT2D eigenvalue weighted by Gasteiger charge is -2.40. The van der Waals surface area contributed by atoms with Gasteiger partial charge in [-0.25, -0.2) is 0 Å². The summed E-state index contributed by atoms with van der Waals surface area (Å²) in [6.45, 7) is 6.22. The Bertz CT molecular complexity index is 664. The third-order valence-electron chi connectivity index (χ3n) is 5.95. The van der Waals surface area contributed by atoms with Crippen molar-refractivity contribution in [3.05, 3.63) is 41.6 Å². The van der Waals surface area contributed by atoms with Gasteiger partial charge in [0.05, 0.1) is 25.3 Å². The SMILES string of the molecule is CCC(O)(CC)[C@@H]1CCCN1C1=CC(=O)N(Cc2ccc(OC)cc2)C1. The highest BCUT2D eigenvalue weighted by molar-refractivity contribution is 5.91. The monoisotopic (exact) mass is 358 g/mol. The number of likely N-dealkylation sites (tertiary alicyclic amines) is 1. The zero-order valence-corrected chi connectivity index (χ0v) is 16.1. The van der Waals surface area contributed by atoms with Crippen molar-refractivity contribution in [1.29, 1.82) is 0 Å². The predicted octanol–water partition coefficient (Wildman–Crippen LogP) is 2.94. The summed E-state index contributed by atoms with van der Waals surface area (Å²) in [5, 5.41) is 11.0. The standard InChI is InChI=1S/C21H30N2O3/c1-4-21(25,5-2)19-7-6-12-23(19)17-13-20(24)22(15-17)14-16-8-10-18(26-3)11-9-16/h8-11,13,19,25H,4-7,12,14-15H2,1-3H3/t19-/m0/s1. The first kappa shape index (κ1) is 18.8. The molecule has 0 radical (unpaired) electrons. The van der Waals surface area contributed by atoms with Gasteiger partial charge < -0.3 is 19.6 Å². The van der Waals surface area contributed by atoms with E-state index in [1.54, 1.807) is 13.2 Å². The van der Waals surface area contributed by atoms with E-state index in [1.165, 1.54) is 0 Å². The molecule has 1 saturated heterocycles. The van der Waals surface area contributed by atoms with E-state index in [-0.39, 0.29) is 11.9 Å². The van der Waals surface area contributed by atoms with Crippen LogP contribution in [-0.4, -0.2) is 52.7 Å². The molecular formula is C21H30N2O3. The Kier molecular flexibility index (Phi) is 5.56. The Labute approximate surface area is 156 Å². The summed E-state index contributed by atoms with van der Waals surface area (Å²) >= 11 is 0. The van der Waals surface area contributed by atoms with Gasteiger partial charge in [0.25, 0.3) is 0 Å². The molecule has 2 aliphatic rings. The summed E-state index contributed by atoms with van der Waals surface area (Å²) in [7, 11) is 1.65. The molecule has 5 nitrogen and oxygen atoms in total. The molecule has 0 spiro atoms. The third-order valence-corrected chi connectivity index (χ3v) is 5.95. The summed E-state index contributed by atoms with van der Waals surface area (Å²) in [5.41, 5.74) is 1.46. The molecule has 1 atom stereocenters. The highest BCUT2D eigenvalue weighted by atomic mass is 16.5. The fourth-order valence-corrected chi connectivity index (χ4v) is 4.20. The van der Waals surface area contributed by atoms with E-state index in [9.17, 15) is 9.90 Å². The van der Waals surface area contributed by atoms with E-state index in [1.807, 2.05) is 43.0 Å². The van der Waals surface area contributed by atoms with E-state index >= 15 is 0 Å². The molecule has 0 aliphatic carbocycles. The van der Waals surface area contributed by atoms with Crippen LogP contribution in [0, 0.1) is 0 Å². The molecule has 1 fully saturated rings. The van der Waals surface area contributed by atoms with Gasteiger partial charge in [-0.3, -0.25) is 4.79 Å². The maximum absolute atomic E-state index is 12.5. The van der Waals surface area contributed by atoms with Crippen molar-refractivity contribution >= 4 is 5.91 Å². The molecule has 0 bridgehead atoms. The lowest BCUT2D eigenvalue weighted by atomic mass is 9.87. The van der Waals surface area contributed by atoms with Crippen molar-refractivity contribution in [3.63, 3.8) is 0 Å². The largest absolute Gasteiger partial charge is 0.497 e. The van der Waals surface area contributed by atoms with Crippen LogP contribution in [0.2, 0.25) is 0 Å². The summed E-state index contributed by atoms with van der Waals surface area (Å²) in [6, 6.07) is 7.94. The number of carbonyl (C=O) groups is 1. The van der Waals surface area contributed by atoms with Crippen LogP contribution in [0.25, 0.3) is 0 Å². The summed E-state index contributed by atoms with van der Waals surface area (Å²) in [4.78, 5) is 16.6. The molecule has 26 heavy (non-hydrogen) atoms. The second-order valence-corrected chi connectivity index (χ2v) is 7.34. The zero-order chi connectivity index (χ0) is 18.7. The van der Waals surface area contributed by atoms with Crippen molar-refractivity contribution < 1.29 is 14.6 Å². The Balaban J connectivity index is 1.69. The first-order valence-corrected chi connectivity index (χ1v) is 9.62. The molecule has 1 amide bonds. The van der Waals surface area contributed by atoms with Crippen LogP contribution in [0.3, 0.4) is 0 Å². The number of carbonyl (C=O) groups excluding carboxylic acids is 1. The van der Waals surface area contributed by atoms with Gasteiger partial charge in [-0.15, -0.1) is 0 Å². The Morgan fingerprint density at radius 2 is 1.92 bits per heavy atom. The molecule has 1 aromatic carbocycles. The van der Waals surface area contributed by atoms with Crippen molar-refractivity contribution in [2.24, 2.45) is 0 Å². The number of benzene rings is 1. The van der Waals surface area contributed by atoms with Crippen LogP contribution >= 0.6 is 0 Å². The molecule has 2 heterocycles. The van der Waals surface area contributed by atoms with Crippen molar-refractivity contribution in [3.8, 4) is 5.75 Å². The third kappa shape index (κ3) is 3.58. The molecule has 3 rings (SSSR count). The predicted molar refractivity (Wildman–Crippen MR) is 102 cm³/mol. The molecule has 0 saturated carbocycles. The lowest BCUT2D eigenvalue weighted by Crippen LogP contribution is -2.49. The van der Waals surface area contributed by atoms with Crippen LogP contribution in [0.5, 0.6) is 5.75 Å². The second kappa shape index (κ2) is 7.70. The van der Waals surface area contributed by atoms with Gasteiger partial charge in [-0.2, -0.15) is 0 Å². The quantitative estimate of drug-likeness (QED) is 0.814. The van der Waals surface area contributed by atoms with Crippen LogP contribution in [-0.2, 0) is 11.3 Å². The fourth-order valence-electron chi connectivity index (χ4n) is 4.20. The highest BCUT2D eigenvalue weighted by Crippen LogP contribution is 2.35. The van der Waals surface area contributed by atoms with E-state index in [0.717, 1.165) is 49.2 Å². The van der Waals surface area contributed by atoms with E-state index in [4.69, 9.17) is 4.74 Å². The van der Waals surface area contributed by atoms with Gasteiger partial charge in [-0.1, -0.05) is 26.0 Å². The second-order valence-electron chi connectivity index (χ2n) is 7.34. The minimum Gasteiger partial charge on any atom is -0.497 e. The molecule has 1 N–H and O–H groups in total. The average Bonchev–Trinajstić information content (AvgIpc) is 3.29. The summed E-state index contributed by atoms with van der Waals surface area (Å²) < 4.78 is 5.19. The minimum atomic E-state index is -0.677. The number of rotatable bonds is 7. The molecule has 1 aromatic rings. The van der Waals surface area contributed by atoms with E-state index < -0.39 is 5.60 Å². The Morgan fingerprint density at radius 3 is 2.54 bits per heavy atom. The van der Waals surface area contributed by atoms with Gasteiger partial charge in [0.15, 0.2) is 0 Å². The smallest absolute Gasteiger partial charge is 0.249 e. The summed E-state index contributed by atoms with van der Waals surface area (Å²) in [5.74, 6) is 0.872. The maximum Gasteiger partial charge on any atom is 0.249 e. The summed E-state index contributed by atoms with van der Waals surface area (Å²) in [6.07, 6.45) is 5.29. The average molecular weight is 358 g/mol. The van der Waals surface area contributed by atoms with Gasteiger partial charge >= 0.3 is 0 Å². The molecular weight excluding hydrogens is 328 g/mol. The topological polar surface area (TPSA) is 53.0 Å². The van der Waals surface area contributed by atoms with Crippen molar-refractivity contribution in [2.45, 2.75) is 57.7 Å². The molecule has 5 heteroatoms. The zero-order valence-electron chi connectivity index (χ0n) is 16.1. The van der Waals surface area contributed by atoms with Gasteiger partial charge in [0.2, 0.25) is 5.91 Å². The van der Waals surface area contributed by atoms with Gasteiger partial charge in [0.1, 0.15) is 5.75 Å². The first-order valence-electron chi connectivity index (χ1n) is 9.62. The number of nitrogens with zero attached hydrogens (tertiary/aromatic N) is 2. The highest BCUT2D eigenvalue weighted by Gasteiger charge is 2.42. The number of hydrogen-bond donors (Lipinski definition) is 1. The van der Waals surface area contributed by atoms with E-state index in [2.05, 4.69) is 4.90 Å². The Morgan fingerprint density at radius 1 is 1.23 bits per heavy atom. The van der Waals surface area contributed by atoms with Crippen molar-refractivity contribution in [2.75, 3.05) is 20.2 Å². The minimum absolute atomic E-state index is 0.0537. The van der Waals surface area contributed by atoms with Crippen LogP contribution in [0.4, 0.5) is 0 Å². The normalized spacial score (nSPS) is 20.7. The number of amides is 1. The number of methoxy groups -OCH3 is 1. The van der Waals surface area contributed by atoms with Crippen LogP contribution in [0.1, 0.15) is 45.1 Å². The number of ether oxygens (including phenoxy) is 1. The Hall–Kier alpha value is -2.01. The van der Waals surface area contributed by atoms with Gasteiger partial charge in [0, 0.05) is 24.9 Å². The number of aliphatic hydroxyl groups is 1. The molecule has 0 aromatic heterocycles. The fraction of sp³-hybridized carbons (Fsp3) is 0.571. The van der Waals surface area contributed by atoms with Crippen LogP contribution in [0.15, 0.2) is 36.0 Å². The molecule has 2 aliphatic heterocycles. The van der Waals surface area contributed by atoms with Crippen molar-refractivity contribution in [1.82, 2.24) is 9.80 Å². The maximum atomic E-state index is 12.5. The number of hydrogen-bond acceptors (Lipinski definition) is 4. The van der Waals surface area contributed by atoms with Gasteiger partial charge in [-0.05, 0) is 43.4 Å². The molecule has 142 valence electrons. The van der Waals surface area contributed by atoms with Crippen LogP contribution < -0.4 is 4.74 Å². The first-order chi connectivity index (χ1) is 12.5.